The number of esters is 1. The molecule has 0 spiro atoms. The Morgan fingerprint density at radius 2 is 1.88 bits per heavy atom. The number of hydrogen-bond donors (Lipinski definition) is 1. The molecule has 2 atom stereocenters. The molecule has 1 saturated heterocycles. The lowest BCUT2D eigenvalue weighted by molar-refractivity contribution is -0.153. The van der Waals surface area contributed by atoms with Crippen LogP contribution in [0.1, 0.15) is 33.4 Å². The fraction of sp³-hybridized carbons (Fsp3) is 0.250. The molecule has 8 nitrogen and oxygen atoms in total. The van der Waals surface area contributed by atoms with Crippen molar-refractivity contribution in [1.82, 2.24) is 9.88 Å². The number of nitrogens with zero attached hydrogens (tertiary/aromatic N) is 2. The van der Waals surface area contributed by atoms with Crippen LogP contribution in [0.2, 0.25) is 0 Å². The number of hydrogen-bond acceptors (Lipinski definition) is 6. The summed E-state index contributed by atoms with van der Waals surface area (Å²) < 4.78 is 6.81. The van der Waals surface area contributed by atoms with Gasteiger partial charge in [0.2, 0.25) is 5.91 Å². The predicted octanol–water partition coefficient (Wildman–Crippen LogP) is 2.99. The Balaban J connectivity index is 1.46. The first-order valence-corrected chi connectivity index (χ1v) is 11.3. The van der Waals surface area contributed by atoms with Crippen molar-refractivity contribution in [3.63, 3.8) is 0 Å². The maximum Gasteiger partial charge on any atom is 0.312 e. The van der Waals surface area contributed by atoms with Gasteiger partial charge < -0.3 is 14.2 Å². The van der Waals surface area contributed by atoms with Crippen LogP contribution >= 0.6 is 11.3 Å². The Morgan fingerprint density at radius 1 is 1.12 bits per heavy atom. The van der Waals surface area contributed by atoms with E-state index in [1.165, 1.54) is 11.3 Å². The third kappa shape index (κ3) is 4.73. The number of imide groups is 1. The predicted molar refractivity (Wildman–Crippen MR) is 123 cm³/mol. The van der Waals surface area contributed by atoms with Crippen molar-refractivity contribution >= 4 is 40.7 Å². The summed E-state index contributed by atoms with van der Waals surface area (Å²) in [4.78, 5) is 52.7. The molecule has 9 heteroatoms. The van der Waals surface area contributed by atoms with E-state index >= 15 is 0 Å². The third-order valence-electron chi connectivity index (χ3n) is 5.55. The Labute approximate surface area is 194 Å². The van der Waals surface area contributed by atoms with Gasteiger partial charge in [0.15, 0.2) is 6.61 Å². The van der Waals surface area contributed by atoms with Gasteiger partial charge in [-0.25, -0.2) is 0 Å². The normalized spacial score (nSPS) is 17.8. The lowest BCUT2D eigenvalue weighted by Crippen LogP contribution is -2.36. The number of nitrogens with one attached hydrogen (secondary N) is 1. The molecule has 33 heavy (non-hydrogen) atoms. The smallest absolute Gasteiger partial charge is 0.312 e. The summed E-state index contributed by atoms with van der Waals surface area (Å²) in [6.45, 7) is 1.35. The molecule has 0 saturated carbocycles. The molecule has 2 aromatic heterocycles. The fourth-order valence-corrected chi connectivity index (χ4v) is 4.79. The summed E-state index contributed by atoms with van der Waals surface area (Å²) in [6, 6.07) is 14.0. The lowest BCUT2D eigenvalue weighted by Gasteiger charge is -2.27. The zero-order valence-electron chi connectivity index (χ0n) is 18.2. The molecule has 1 fully saturated rings. The highest BCUT2D eigenvalue weighted by atomic mass is 32.1. The minimum absolute atomic E-state index is 0.0286. The third-order valence-corrected chi connectivity index (χ3v) is 6.49. The Bertz CT molecular complexity index is 1180. The molecule has 0 radical (unpaired) electrons. The topological polar surface area (TPSA) is 97.7 Å². The maximum atomic E-state index is 12.9. The van der Waals surface area contributed by atoms with Gasteiger partial charge in [0.25, 0.3) is 11.8 Å². The molecule has 1 aromatic carbocycles. The van der Waals surface area contributed by atoms with E-state index in [1.807, 2.05) is 48.7 Å². The van der Waals surface area contributed by atoms with E-state index in [1.54, 1.807) is 34.8 Å². The van der Waals surface area contributed by atoms with Gasteiger partial charge in [0.05, 0.1) is 12.0 Å². The van der Waals surface area contributed by atoms with E-state index in [2.05, 4.69) is 5.32 Å². The molecule has 1 aliphatic heterocycles. The van der Waals surface area contributed by atoms with Crippen LogP contribution in [0.5, 0.6) is 0 Å². The van der Waals surface area contributed by atoms with E-state index in [0.29, 0.717) is 11.4 Å². The Hall–Kier alpha value is -3.72. The minimum Gasteiger partial charge on any atom is -0.455 e. The van der Waals surface area contributed by atoms with E-state index in [9.17, 15) is 19.2 Å². The van der Waals surface area contributed by atoms with Crippen LogP contribution in [0.25, 0.3) is 0 Å². The Kier molecular flexibility index (Phi) is 6.41. The lowest BCUT2D eigenvalue weighted by atomic mass is 9.99. The summed E-state index contributed by atoms with van der Waals surface area (Å²) in [6.07, 6.45) is 1.65. The zero-order valence-corrected chi connectivity index (χ0v) is 19.0. The molecular formula is C24H23N3O5S. The number of carbonyl (C=O) groups is 4. The molecule has 3 aromatic rings. The van der Waals surface area contributed by atoms with E-state index in [0.717, 1.165) is 10.4 Å². The van der Waals surface area contributed by atoms with Gasteiger partial charge in [0.1, 0.15) is 5.69 Å². The van der Waals surface area contributed by atoms with Gasteiger partial charge in [-0.05, 0) is 42.6 Å². The molecule has 0 bridgehead atoms. The molecule has 3 amide bonds. The second-order valence-electron chi connectivity index (χ2n) is 7.86. The molecule has 3 heterocycles. The second kappa shape index (κ2) is 9.41. The van der Waals surface area contributed by atoms with Crippen LogP contribution in [-0.2, 0) is 26.2 Å². The molecule has 1 aliphatic rings. The average Bonchev–Trinajstić information content (AvgIpc) is 3.52. The second-order valence-corrected chi connectivity index (χ2v) is 8.84. The van der Waals surface area contributed by atoms with Crippen molar-refractivity contribution in [2.45, 2.75) is 19.4 Å². The van der Waals surface area contributed by atoms with Gasteiger partial charge in [-0.1, -0.05) is 23.8 Å². The SMILES string of the molecule is Cc1ccc(N2C(=O)CC(C(=O)OCC(=O)NC(=O)c3cccn3C)C2c2cccs2)cc1. The summed E-state index contributed by atoms with van der Waals surface area (Å²) >= 11 is 1.45. The van der Waals surface area contributed by atoms with Crippen LogP contribution in [0.3, 0.4) is 0 Å². The van der Waals surface area contributed by atoms with Crippen molar-refractivity contribution in [2.24, 2.45) is 13.0 Å². The number of amides is 3. The van der Waals surface area contributed by atoms with Gasteiger partial charge >= 0.3 is 5.97 Å². The zero-order chi connectivity index (χ0) is 23.5. The summed E-state index contributed by atoms with van der Waals surface area (Å²) in [5.74, 6) is -2.93. The van der Waals surface area contributed by atoms with E-state index in [-0.39, 0.29) is 12.3 Å². The Morgan fingerprint density at radius 3 is 2.52 bits per heavy atom. The van der Waals surface area contributed by atoms with Crippen LogP contribution in [-0.4, -0.2) is 34.9 Å². The highest BCUT2D eigenvalue weighted by Gasteiger charge is 2.46. The first-order chi connectivity index (χ1) is 15.8. The van der Waals surface area contributed by atoms with Crippen LogP contribution in [0, 0.1) is 12.8 Å². The number of aromatic nitrogens is 1. The molecule has 4 rings (SSSR count). The fourth-order valence-electron chi connectivity index (χ4n) is 3.91. The number of benzene rings is 1. The first kappa shape index (κ1) is 22.5. The number of rotatable bonds is 6. The summed E-state index contributed by atoms with van der Waals surface area (Å²) in [5, 5.41) is 4.09. The molecule has 170 valence electrons. The maximum absolute atomic E-state index is 12.9. The van der Waals surface area contributed by atoms with Crippen molar-refractivity contribution in [3.05, 3.63) is 76.2 Å². The number of thiophene rings is 1. The number of ether oxygens (including phenoxy) is 1. The van der Waals surface area contributed by atoms with E-state index < -0.39 is 36.4 Å². The van der Waals surface area contributed by atoms with Crippen molar-refractivity contribution < 1.29 is 23.9 Å². The molecule has 0 aliphatic carbocycles. The quantitative estimate of drug-likeness (QED) is 0.565. The van der Waals surface area contributed by atoms with Gasteiger partial charge in [0, 0.05) is 30.2 Å². The van der Waals surface area contributed by atoms with Gasteiger partial charge in [-0.2, -0.15) is 0 Å². The summed E-state index contributed by atoms with van der Waals surface area (Å²) in [7, 11) is 1.68. The first-order valence-electron chi connectivity index (χ1n) is 10.4. The van der Waals surface area contributed by atoms with E-state index in [4.69, 9.17) is 4.74 Å². The minimum atomic E-state index is -0.770. The monoisotopic (exact) mass is 465 g/mol. The standard InChI is InChI=1S/C24H23N3O5S/c1-15-7-9-16(10-8-15)27-21(29)13-17(22(27)19-6-4-12-33-19)24(31)32-14-20(28)25-23(30)18-5-3-11-26(18)2/h3-12,17,22H,13-14H2,1-2H3,(H,25,28,30). The largest absolute Gasteiger partial charge is 0.455 e. The number of carbonyl (C=O) groups excluding carboxylic acids is 4. The summed E-state index contributed by atoms with van der Waals surface area (Å²) in [5.41, 5.74) is 2.07. The van der Waals surface area contributed by atoms with Crippen LogP contribution in [0.4, 0.5) is 5.69 Å². The van der Waals surface area contributed by atoms with Crippen molar-refractivity contribution in [1.29, 1.82) is 0 Å². The van der Waals surface area contributed by atoms with Crippen LogP contribution in [0.15, 0.2) is 60.1 Å². The van der Waals surface area contributed by atoms with Gasteiger partial charge in [-0.3, -0.25) is 24.5 Å². The van der Waals surface area contributed by atoms with Crippen molar-refractivity contribution in [3.8, 4) is 0 Å². The number of aryl methyl sites for hydroxylation is 2. The highest BCUT2D eigenvalue weighted by Crippen LogP contribution is 2.43. The number of anilines is 1. The van der Waals surface area contributed by atoms with Crippen molar-refractivity contribution in [2.75, 3.05) is 11.5 Å². The van der Waals surface area contributed by atoms with Crippen LogP contribution < -0.4 is 10.2 Å². The molecular weight excluding hydrogens is 442 g/mol. The molecule has 2 unspecified atom stereocenters. The van der Waals surface area contributed by atoms with Gasteiger partial charge in [-0.15, -0.1) is 11.3 Å². The molecule has 1 N–H and O–H groups in total. The average molecular weight is 466 g/mol. The highest BCUT2D eigenvalue weighted by molar-refractivity contribution is 7.10.